The SMILES string of the molecule is O=C(O)C1=CC2=C3NNCC3C1C2. The minimum Gasteiger partial charge on any atom is -0.478 e. The summed E-state index contributed by atoms with van der Waals surface area (Å²) in [5.74, 6) is -0.165. The van der Waals surface area contributed by atoms with Crippen LogP contribution in [0.25, 0.3) is 0 Å². The number of carbonyl (C=O) groups is 1. The maximum absolute atomic E-state index is 10.8. The van der Waals surface area contributed by atoms with Gasteiger partial charge in [-0.1, -0.05) is 0 Å². The summed E-state index contributed by atoms with van der Waals surface area (Å²) in [6.45, 7) is 0.855. The van der Waals surface area contributed by atoms with Gasteiger partial charge in [-0.2, -0.15) is 0 Å². The van der Waals surface area contributed by atoms with Crippen LogP contribution in [0.15, 0.2) is 22.9 Å². The van der Waals surface area contributed by atoms with Gasteiger partial charge in [-0.3, -0.25) is 0 Å². The molecular weight excluding hydrogens is 168 g/mol. The van der Waals surface area contributed by atoms with E-state index in [1.165, 1.54) is 11.3 Å². The minimum atomic E-state index is -0.758. The fraction of sp³-hybridized carbons (Fsp3) is 0.444. The average Bonchev–Trinajstić information content (AvgIpc) is 2.75. The number of aliphatic carboxylic acids is 1. The molecule has 1 fully saturated rings. The van der Waals surface area contributed by atoms with Crippen molar-refractivity contribution in [2.75, 3.05) is 6.54 Å². The van der Waals surface area contributed by atoms with E-state index in [0.29, 0.717) is 11.5 Å². The molecule has 1 aliphatic heterocycles. The number of allylic oxidation sites excluding steroid dienone is 2. The largest absolute Gasteiger partial charge is 0.478 e. The van der Waals surface area contributed by atoms with Crippen molar-refractivity contribution in [3.8, 4) is 0 Å². The van der Waals surface area contributed by atoms with E-state index in [1.54, 1.807) is 0 Å². The molecule has 3 N–H and O–H groups in total. The van der Waals surface area contributed by atoms with Crippen LogP contribution < -0.4 is 10.9 Å². The topological polar surface area (TPSA) is 61.4 Å². The highest BCUT2D eigenvalue weighted by molar-refractivity contribution is 5.90. The van der Waals surface area contributed by atoms with Gasteiger partial charge in [-0.05, 0) is 18.1 Å². The molecule has 0 radical (unpaired) electrons. The molecule has 3 aliphatic rings. The summed E-state index contributed by atoms with van der Waals surface area (Å²) < 4.78 is 0. The maximum Gasteiger partial charge on any atom is 0.331 e. The van der Waals surface area contributed by atoms with Crippen LogP contribution in [-0.4, -0.2) is 17.6 Å². The lowest BCUT2D eigenvalue weighted by atomic mass is 9.88. The van der Waals surface area contributed by atoms with Gasteiger partial charge in [0.05, 0.1) is 0 Å². The van der Waals surface area contributed by atoms with E-state index in [1.807, 2.05) is 6.08 Å². The normalized spacial score (nSPS) is 34.6. The highest BCUT2D eigenvalue weighted by Gasteiger charge is 2.45. The summed E-state index contributed by atoms with van der Waals surface area (Å²) in [6, 6.07) is 0. The number of carboxylic acids is 1. The fourth-order valence-electron chi connectivity index (χ4n) is 2.58. The second-order valence-electron chi connectivity index (χ2n) is 3.77. The van der Waals surface area contributed by atoms with Gasteiger partial charge in [-0.25, -0.2) is 10.2 Å². The first-order chi connectivity index (χ1) is 6.27. The second-order valence-corrected chi connectivity index (χ2v) is 3.77. The molecule has 4 heteroatoms. The summed E-state index contributed by atoms with van der Waals surface area (Å²) in [5, 5.41) is 8.92. The maximum atomic E-state index is 10.8. The van der Waals surface area contributed by atoms with Crippen LogP contribution >= 0.6 is 0 Å². The molecule has 0 amide bonds. The standard InChI is InChI=1S/C9H10N2O2/c12-9(13)6-2-4-1-5(6)7-3-10-11-8(4)7/h2,5,7,10-11H,1,3H2,(H,12,13). The van der Waals surface area contributed by atoms with Gasteiger partial charge < -0.3 is 10.5 Å². The predicted octanol–water partition coefficient (Wildman–Crippen LogP) is 0.00900. The molecule has 3 rings (SSSR count). The zero-order valence-electron chi connectivity index (χ0n) is 7.00. The Bertz CT molecular complexity index is 357. The first-order valence-corrected chi connectivity index (χ1v) is 4.44. The van der Waals surface area contributed by atoms with Crippen molar-refractivity contribution < 1.29 is 9.90 Å². The molecule has 0 aromatic rings. The molecule has 0 spiro atoms. The third kappa shape index (κ3) is 0.759. The van der Waals surface area contributed by atoms with Crippen LogP contribution in [0.5, 0.6) is 0 Å². The van der Waals surface area contributed by atoms with E-state index >= 15 is 0 Å². The summed E-state index contributed by atoms with van der Waals surface area (Å²) in [7, 11) is 0. The van der Waals surface area contributed by atoms with E-state index < -0.39 is 5.97 Å². The molecule has 1 saturated heterocycles. The van der Waals surface area contributed by atoms with Gasteiger partial charge in [0.15, 0.2) is 0 Å². The fourth-order valence-corrected chi connectivity index (χ4v) is 2.58. The van der Waals surface area contributed by atoms with E-state index in [0.717, 1.165) is 13.0 Å². The van der Waals surface area contributed by atoms with E-state index in [4.69, 9.17) is 5.11 Å². The number of fused-ring (bicyclic) bond motifs is 4. The number of hydrazine groups is 1. The molecule has 13 heavy (non-hydrogen) atoms. The van der Waals surface area contributed by atoms with Crippen LogP contribution in [0.2, 0.25) is 0 Å². The van der Waals surface area contributed by atoms with Crippen molar-refractivity contribution >= 4 is 5.97 Å². The van der Waals surface area contributed by atoms with Crippen molar-refractivity contribution in [2.24, 2.45) is 11.8 Å². The molecule has 2 aliphatic carbocycles. The number of hydrogen-bond acceptors (Lipinski definition) is 3. The second kappa shape index (κ2) is 2.14. The molecule has 4 nitrogen and oxygen atoms in total. The summed E-state index contributed by atoms with van der Waals surface area (Å²) in [6.07, 6.45) is 2.73. The van der Waals surface area contributed by atoms with Crippen LogP contribution in [0.1, 0.15) is 6.42 Å². The number of rotatable bonds is 1. The molecule has 2 unspecified atom stereocenters. The molecular formula is C9H10N2O2. The Hall–Kier alpha value is -1.29. The lowest BCUT2D eigenvalue weighted by molar-refractivity contribution is -0.133. The third-order valence-corrected chi connectivity index (χ3v) is 3.16. The molecule has 0 aromatic carbocycles. The Morgan fingerprint density at radius 1 is 1.54 bits per heavy atom. The lowest BCUT2D eigenvalue weighted by Gasteiger charge is -2.15. The highest BCUT2D eigenvalue weighted by Crippen LogP contribution is 2.47. The Morgan fingerprint density at radius 2 is 2.38 bits per heavy atom. The van der Waals surface area contributed by atoms with E-state index in [2.05, 4.69) is 10.9 Å². The monoisotopic (exact) mass is 178 g/mol. The van der Waals surface area contributed by atoms with Gasteiger partial charge in [-0.15, -0.1) is 0 Å². The summed E-state index contributed by atoms with van der Waals surface area (Å²) in [5.41, 5.74) is 9.14. The average molecular weight is 178 g/mol. The Labute approximate surface area is 75.3 Å². The quantitative estimate of drug-likeness (QED) is 0.529. The molecule has 0 saturated carbocycles. The number of hydrogen-bond donors (Lipinski definition) is 3. The summed E-state index contributed by atoms with van der Waals surface area (Å²) in [4.78, 5) is 10.8. The lowest BCUT2D eigenvalue weighted by Crippen LogP contribution is -2.22. The highest BCUT2D eigenvalue weighted by atomic mass is 16.4. The zero-order chi connectivity index (χ0) is 9.00. The third-order valence-electron chi connectivity index (χ3n) is 3.16. The van der Waals surface area contributed by atoms with Crippen molar-refractivity contribution in [3.05, 3.63) is 22.9 Å². The van der Waals surface area contributed by atoms with Gasteiger partial charge in [0.1, 0.15) is 0 Å². The molecule has 1 heterocycles. The van der Waals surface area contributed by atoms with Crippen molar-refractivity contribution in [2.45, 2.75) is 6.42 Å². The first kappa shape index (κ1) is 7.15. The van der Waals surface area contributed by atoms with Crippen LogP contribution in [0.4, 0.5) is 0 Å². The smallest absolute Gasteiger partial charge is 0.331 e. The van der Waals surface area contributed by atoms with Crippen molar-refractivity contribution in [1.29, 1.82) is 0 Å². The van der Waals surface area contributed by atoms with Crippen LogP contribution in [0.3, 0.4) is 0 Å². The van der Waals surface area contributed by atoms with Crippen molar-refractivity contribution in [1.82, 2.24) is 10.9 Å². The van der Waals surface area contributed by atoms with E-state index in [9.17, 15) is 4.79 Å². The summed E-state index contributed by atoms with van der Waals surface area (Å²) >= 11 is 0. The molecule has 2 atom stereocenters. The number of carboxylic acid groups (broad SMARTS) is 1. The zero-order valence-corrected chi connectivity index (χ0v) is 7.00. The van der Waals surface area contributed by atoms with Gasteiger partial charge >= 0.3 is 5.97 Å². The van der Waals surface area contributed by atoms with E-state index in [-0.39, 0.29) is 5.92 Å². The minimum absolute atomic E-state index is 0.213. The van der Waals surface area contributed by atoms with Gasteiger partial charge in [0, 0.05) is 29.7 Å². The Kier molecular flexibility index (Phi) is 1.18. The number of nitrogens with one attached hydrogen (secondary N) is 2. The van der Waals surface area contributed by atoms with Crippen LogP contribution in [0, 0.1) is 11.8 Å². The molecule has 2 bridgehead atoms. The van der Waals surface area contributed by atoms with Gasteiger partial charge in [0.25, 0.3) is 0 Å². The Balaban J connectivity index is 2.05. The molecule has 68 valence electrons. The van der Waals surface area contributed by atoms with Crippen LogP contribution in [-0.2, 0) is 4.79 Å². The van der Waals surface area contributed by atoms with Gasteiger partial charge in [0.2, 0.25) is 0 Å². The first-order valence-electron chi connectivity index (χ1n) is 4.44. The van der Waals surface area contributed by atoms with Crippen molar-refractivity contribution in [3.63, 3.8) is 0 Å². The molecule has 0 aromatic heterocycles. The predicted molar refractivity (Wildman–Crippen MR) is 45.5 cm³/mol. The Morgan fingerprint density at radius 3 is 3.15 bits per heavy atom.